The Labute approximate surface area is 207 Å². The van der Waals surface area contributed by atoms with Gasteiger partial charge in [-0.1, -0.05) is 54.6 Å². The SMILES string of the molecule is COc1ccc(-c2cc(-c3ccccc3)nc(SCCC(=O)Nc3ccccc3F)c2C#N)cc1. The van der Waals surface area contributed by atoms with Crippen LogP contribution >= 0.6 is 11.8 Å². The maximum absolute atomic E-state index is 13.8. The molecule has 4 rings (SSSR count). The highest BCUT2D eigenvalue weighted by Crippen LogP contribution is 2.35. The molecule has 0 bridgehead atoms. The molecule has 0 saturated carbocycles. The predicted molar refractivity (Wildman–Crippen MR) is 137 cm³/mol. The zero-order valence-corrected chi connectivity index (χ0v) is 19.8. The van der Waals surface area contributed by atoms with Gasteiger partial charge in [0.1, 0.15) is 22.7 Å². The summed E-state index contributed by atoms with van der Waals surface area (Å²) in [6.07, 6.45) is 0.138. The molecular formula is C28H22FN3O2S. The van der Waals surface area contributed by atoms with Crippen LogP contribution in [0.2, 0.25) is 0 Å². The first-order valence-electron chi connectivity index (χ1n) is 10.9. The van der Waals surface area contributed by atoms with Crippen molar-refractivity contribution in [3.8, 4) is 34.2 Å². The fourth-order valence-electron chi connectivity index (χ4n) is 3.50. The van der Waals surface area contributed by atoms with Gasteiger partial charge in [0.25, 0.3) is 0 Å². The second kappa shape index (κ2) is 11.3. The fraction of sp³-hybridized carbons (Fsp3) is 0.107. The number of ether oxygens (including phenoxy) is 1. The zero-order chi connectivity index (χ0) is 24.6. The van der Waals surface area contributed by atoms with Gasteiger partial charge in [-0.3, -0.25) is 4.79 Å². The van der Waals surface area contributed by atoms with Crippen LogP contribution in [0.25, 0.3) is 22.4 Å². The Morgan fingerprint density at radius 2 is 1.74 bits per heavy atom. The topological polar surface area (TPSA) is 75.0 Å². The lowest BCUT2D eigenvalue weighted by molar-refractivity contribution is -0.115. The van der Waals surface area contributed by atoms with Crippen molar-refractivity contribution in [2.45, 2.75) is 11.4 Å². The number of hydrogen-bond donors (Lipinski definition) is 1. The maximum atomic E-state index is 13.8. The summed E-state index contributed by atoms with van der Waals surface area (Å²) in [5.74, 6) is 0.305. The quantitative estimate of drug-likeness (QED) is 0.287. The molecule has 1 aromatic heterocycles. The van der Waals surface area contributed by atoms with E-state index in [-0.39, 0.29) is 18.0 Å². The van der Waals surface area contributed by atoms with Crippen LogP contribution in [0, 0.1) is 17.1 Å². The van der Waals surface area contributed by atoms with E-state index in [4.69, 9.17) is 9.72 Å². The molecule has 0 aliphatic rings. The lowest BCUT2D eigenvalue weighted by atomic mass is 9.99. The highest BCUT2D eigenvalue weighted by atomic mass is 32.2. The molecular weight excluding hydrogens is 461 g/mol. The standard InChI is InChI=1S/C28H22FN3O2S/c1-34-21-13-11-19(12-14-21)22-17-26(20-7-3-2-4-8-20)32-28(23(22)18-30)35-16-15-27(33)31-25-10-6-5-9-24(25)29/h2-14,17H,15-16H2,1H3,(H,31,33). The van der Waals surface area contributed by atoms with Crippen LogP contribution in [0.3, 0.4) is 0 Å². The first-order valence-corrected chi connectivity index (χ1v) is 11.9. The Bertz CT molecular complexity index is 1370. The second-order valence-corrected chi connectivity index (χ2v) is 8.65. The molecule has 3 aromatic carbocycles. The van der Waals surface area contributed by atoms with Crippen LogP contribution in [0.15, 0.2) is 90.0 Å². The number of benzene rings is 3. The Morgan fingerprint density at radius 1 is 1.03 bits per heavy atom. The third-order valence-electron chi connectivity index (χ3n) is 5.28. The van der Waals surface area contributed by atoms with Crippen molar-refractivity contribution < 1.29 is 13.9 Å². The molecule has 0 saturated heterocycles. The van der Waals surface area contributed by atoms with E-state index in [9.17, 15) is 14.4 Å². The van der Waals surface area contributed by atoms with Gasteiger partial charge in [-0.05, 0) is 35.9 Å². The van der Waals surface area contributed by atoms with E-state index in [2.05, 4.69) is 11.4 Å². The molecule has 174 valence electrons. The van der Waals surface area contributed by atoms with Gasteiger partial charge in [-0.2, -0.15) is 5.26 Å². The van der Waals surface area contributed by atoms with Gasteiger partial charge < -0.3 is 10.1 Å². The molecule has 1 amide bonds. The van der Waals surface area contributed by atoms with Gasteiger partial charge in [0.15, 0.2) is 0 Å². The summed E-state index contributed by atoms with van der Waals surface area (Å²) >= 11 is 1.33. The second-order valence-electron chi connectivity index (χ2n) is 7.57. The summed E-state index contributed by atoms with van der Waals surface area (Å²) in [6, 6.07) is 27.4. The van der Waals surface area contributed by atoms with Crippen LogP contribution in [-0.2, 0) is 4.79 Å². The summed E-state index contributed by atoms with van der Waals surface area (Å²) < 4.78 is 19.1. The molecule has 0 aliphatic heterocycles. The van der Waals surface area contributed by atoms with E-state index in [1.165, 1.54) is 23.9 Å². The number of methoxy groups -OCH3 is 1. The van der Waals surface area contributed by atoms with Crippen molar-refractivity contribution in [3.63, 3.8) is 0 Å². The molecule has 0 spiro atoms. The minimum Gasteiger partial charge on any atom is -0.497 e. The van der Waals surface area contributed by atoms with Crippen molar-refractivity contribution in [3.05, 3.63) is 96.3 Å². The predicted octanol–water partition coefficient (Wildman–Crippen LogP) is 6.56. The number of halogens is 1. The van der Waals surface area contributed by atoms with Crippen LogP contribution in [0.4, 0.5) is 10.1 Å². The number of thioether (sulfide) groups is 1. The number of nitrogens with zero attached hydrogens (tertiary/aromatic N) is 2. The zero-order valence-electron chi connectivity index (χ0n) is 19.0. The molecule has 0 aliphatic carbocycles. The normalized spacial score (nSPS) is 10.4. The number of carbonyl (C=O) groups is 1. The van der Waals surface area contributed by atoms with Crippen molar-refractivity contribution in [1.82, 2.24) is 4.98 Å². The van der Waals surface area contributed by atoms with E-state index >= 15 is 0 Å². The summed E-state index contributed by atoms with van der Waals surface area (Å²) in [7, 11) is 1.60. The third kappa shape index (κ3) is 5.86. The number of nitrogens with one attached hydrogen (secondary N) is 1. The number of carbonyl (C=O) groups excluding carboxylic acids is 1. The molecule has 35 heavy (non-hydrogen) atoms. The third-order valence-corrected chi connectivity index (χ3v) is 6.26. The molecule has 0 atom stereocenters. The Kier molecular flexibility index (Phi) is 7.76. The first-order chi connectivity index (χ1) is 17.1. The van der Waals surface area contributed by atoms with Gasteiger partial charge in [0, 0.05) is 23.3 Å². The minimum atomic E-state index is -0.485. The Morgan fingerprint density at radius 3 is 2.43 bits per heavy atom. The molecule has 0 radical (unpaired) electrons. The van der Waals surface area contributed by atoms with Gasteiger partial charge in [-0.15, -0.1) is 11.8 Å². The molecule has 1 N–H and O–H groups in total. The van der Waals surface area contributed by atoms with Gasteiger partial charge >= 0.3 is 0 Å². The summed E-state index contributed by atoms with van der Waals surface area (Å²) in [4.78, 5) is 17.1. The first kappa shape index (κ1) is 24.0. The molecule has 7 heteroatoms. The molecule has 0 fully saturated rings. The van der Waals surface area contributed by atoms with Crippen molar-refractivity contribution in [2.24, 2.45) is 0 Å². The minimum absolute atomic E-state index is 0.138. The van der Waals surface area contributed by atoms with E-state index < -0.39 is 5.82 Å². The van der Waals surface area contributed by atoms with E-state index in [0.29, 0.717) is 16.3 Å². The Hall–Kier alpha value is -4.15. The molecule has 1 heterocycles. The van der Waals surface area contributed by atoms with E-state index in [1.54, 1.807) is 19.2 Å². The number of nitriles is 1. The van der Waals surface area contributed by atoms with Crippen LogP contribution in [0.1, 0.15) is 12.0 Å². The lowest BCUT2D eigenvalue weighted by Crippen LogP contribution is -2.13. The summed E-state index contributed by atoms with van der Waals surface area (Å²) in [5, 5.41) is 13.1. The fourth-order valence-corrected chi connectivity index (χ4v) is 4.45. The largest absolute Gasteiger partial charge is 0.497 e. The highest BCUT2D eigenvalue weighted by molar-refractivity contribution is 7.99. The van der Waals surface area contributed by atoms with E-state index in [1.807, 2.05) is 60.7 Å². The van der Waals surface area contributed by atoms with Crippen LogP contribution in [-0.4, -0.2) is 23.8 Å². The maximum Gasteiger partial charge on any atom is 0.225 e. The number of rotatable bonds is 8. The number of aromatic nitrogens is 1. The number of amides is 1. The summed E-state index contributed by atoms with van der Waals surface area (Å²) in [5.41, 5.74) is 3.85. The van der Waals surface area contributed by atoms with Gasteiger partial charge in [0.05, 0.1) is 24.1 Å². The van der Waals surface area contributed by atoms with Crippen molar-refractivity contribution in [2.75, 3.05) is 18.2 Å². The molecule has 5 nitrogen and oxygen atoms in total. The van der Waals surface area contributed by atoms with Crippen molar-refractivity contribution >= 4 is 23.4 Å². The van der Waals surface area contributed by atoms with Crippen LogP contribution in [0.5, 0.6) is 5.75 Å². The van der Waals surface area contributed by atoms with Crippen LogP contribution < -0.4 is 10.1 Å². The summed E-state index contributed by atoms with van der Waals surface area (Å²) in [6.45, 7) is 0. The highest BCUT2D eigenvalue weighted by Gasteiger charge is 2.17. The monoisotopic (exact) mass is 483 g/mol. The average molecular weight is 484 g/mol. The number of anilines is 1. The van der Waals surface area contributed by atoms with Gasteiger partial charge in [0.2, 0.25) is 5.91 Å². The van der Waals surface area contributed by atoms with E-state index in [0.717, 1.165) is 28.1 Å². The molecule has 4 aromatic rings. The number of para-hydroxylation sites is 1. The number of hydrogen-bond acceptors (Lipinski definition) is 5. The smallest absolute Gasteiger partial charge is 0.225 e. The number of pyridine rings is 1. The van der Waals surface area contributed by atoms with Gasteiger partial charge in [-0.25, -0.2) is 9.37 Å². The lowest BCUT2D eigenvalue weighted by Gasteiger charge is -2.13. The van der Waals surface area contributed by atoms with Crippen molar-refractivity contribution in [1.29, 1.82) is 5.26 Å². The Balaban J connectivity index is 1.61. The molecule has 0 unspecified atom stereocenters. The average Bonchev–Trinajstić information content (AvgIpc) is 2.90.